The first-order chi connectivity index (χ1) is 15.8. The molecule has 4 rings (SSSR count). The third kappa shape index (κ3) is 7.05. The van der Waals surface area contributed by atoms with Gasteiger partial charge in [-0.1, -0.05) is 43.7 Å². The van der Waals surface area contributed by atoms with Crippen LogP contribution in [-0.4, -0.2) is 87.5 Å². The summed E-state index contributed by atoms with van der Waals surface area (Å²) in [7, 11) is 0. The molecule has 3 heterocycles. The Balaban J connectivity index is 0.00000306. The van der Waals surface area contributed by atoms with Gasteiger partial charge >= 0.3 is 0 Å². The summed E-state index contributed by atoms with van der Waals surface area (Å²) in [4.78, 5) is 10.3. The molecule has 186 valence electrons. The molecule has 4 atom stereocenters. The van der Waals surface area contributed by atoms with E-state index < -0.39 is 0 Å². The summed E-state index contributed by atoms with van der Waals surface area (Å²) in [6.45, 7) is 13.8. The van der Waals surface area contributed by atoms with Crippen molar-refractivity contribution in [1.29, 1.82) is 0 Å². The first-order valence-electron chi connectivity index (χ1n) is 12.8. The van der Waals surface area contributed by atoms with Gasteiger partial charge in [-0.25, -0.2) is 0 Å². The number of halogens is 1. The second-order valence-corrected chi connectivity index (χ2v) is 9.45. The summed E-state index contributed by atoms with van der Waals surface area (Å²) in [6, 6.07) is 11.5. The monoisotopic (exact) mass is 570 g/mol. The maximum Gasteiger partial charge on any atom is 0.193 e. The van der Waals surface area contributed by atoms with Crippen LogP contribution in [0.3, 0.4) is 0 Å². The topological polar surface area (TPSA) is 49.3 Å². The van der Waals surface area contributed by atoms with Crippen molar-refractivity contribution in [2.24, 2.45) is 16.8 Å². The van der Waals surface area contributed by atoms with E-state index in [1.807, 2.05) is 0 Å². The molecule has 1 aromatic carbocycles. The molecule has 0 amide bonds. The van der Waals surface area contributed by atoms with E-state index in [1.165, 1.54) is 18.4 Å². The Bertz CT molecular complexity index is 708. The van der Waals surface area contributed by atoms with Gasteiger partial charge in [-0.15, -0.1) is 24.0 Å². The maximum atomic E-state index is 5.75. The molecule has 1 aromatic rings. The third-order valence-electron chi connectivity index (χ3n) is 7.57. The third-order valence-corrected chi connectivity index (χ3v) is 7.57. The standard InChI is InChI=1S/C26H42N4O2.HI/c1-3-21-19-30(12-10-24(21)22-8-6-5-7-9-22)26(27-4-2)28-18-25(23-11-15-32-20-23)29-13-16-31-17-14-29;/h5-9,21,23-25H,3-4,10-20H2,1-2H3,(H,27,28);1H. The van der Waals surface area contributed by atoms with Crippen molar-refractivity contribution in [1.82, 2.24) is 15.1 Å². The minimum Gasteiger partial charge on any atom is -0.381 e. The van der Waals surface area contributed by atoms with Gasteiger partial charge in [0.25, 0.3) is 0 Å². The summed E-state index contributed by atoms with van der Waals surface area (Å²) < 4.78 is 11.4. The van der Waals surface area contributed by atoms with Crippen LogP contribution in [0.2, 0.25) is 0 Å². The van der Waals surface area contributed by atoms with E-state index in [-0.39, 0.29) is 24.0 Å². The lowest BCUT2D eigenvalue weighted by molar-refractivity contribution is 0.00361. The number of piperidine rings is 1. The SMILES string of the molecule is CCNC(=NCC(C1CCOC1)N1CCOCC1)N1CCC(c2ccccc2)C(CC)C1.I. The van der Waals surface area contributed by atoms with Crippen LogP contribution in [0, 0.1) is 11.8 Å². The van der Waals surface area contributed by atoms with Crippen molar-refractivity contribution in [3.8, 4) is 0 Å². The van der Waals surface area contributed by atoms with Crippen LogP contribution in [0.25, 0.3) is 0 Å². The molecule has 3 aliphatic heterocycles. The van der Waals surface area contributed by atoms with E-state index in [4.69, 9.17) is 14.5 Å². The van der Waals surface area contributed by atoms with Crippen LogP contribution in [0.5, 0.6) is 0 Å². The predicted octanol–water partition coefficient (Wildman–Crippen LogP) is 3.82. The Hall–Kier alpha value is -0.900. The lowest BCUT2D eigenvalue weighted by atomic mass is 9.79. The molecule has 6 nitrogen and oxygen atoms in total. The van der Waals surface area contributed by atoms with Gasteiger partial charge < -0.3 is 19.7 Å². The fourth-order valence-electron chi connectivity index (χ4n) is 5.71. The average Bonchev–Trinajstić information content (AvgIpc) is 3.39. The molecular weight excluding hydrogens is 527 g/mol. The number of rotatable bonds is 7. The molecular formula is C26H43IN4O2. The largest absolute Gasteiger partial charge is 0.381 e. The summed E-state index contributed by atoms with van der Waals surface area (Å²) in [5.74, 6) is 2.98. The van der Waals surface area contributed by atoms with Crippen LogP contribution in [0.4, 0.5) is 0 Å². The minimum absolute atomic E-state index is 0. The van der Waals surface area contributed by atoms with Crippen LogP contribution in [0.15, 0.2) is 35.3 Å². The summed E-state index contributed by atoms with van der Waals surface area (Å²) in [5.41, 5.74) is 1.49. The fourth-order valence-corrected chi connectivity index (χ4v) is 5.71. The van der Waals surface area contributed by atoms with Crippen LogP contribution < -0.4 is 5.32 Å². The molecule has 0 aliphatic carbocycles. The van der Waals surface area contributed by atoms with Gasteiger partial charge in [0.05, 0.1) is 26.4 Å². The highest BCUT2D eigenvalue weighted by molar-refractivity contribution is 14.0. The molecule has 1 N–H and O–H groups in total. The van der Waals surface area contributed by atoms with E-state index in [2.05, 4.69) is 59.3 Å². The Labute approximate surface area is 217 Å². The highest BCUT2D eigenvalue weighted by atomic mass is 127. The second-order valence-electron chi connectivity index (χ2n) is 9.45. The predicted molar refractivity (Wildman–Crippen MR) is 146 cm³/mol. The van der Waals surface area contributed by atoms with Crippen molar-refractivity contribution < 1.29 is 9.47 Å². The van der Waals surface area contributed by atoms with Crippen LogP contribution in [0.1, 0.15) is 44.6 Å². The van der Waals surface area contributed by atoms with Gasteiger partial charge in [-0.2, -0.15) is 0 Å². The normalized spacial score (nSPS) is 27.8. The molecule has 0 bridgehead atoms. The lowest BCUT2D eigenvalue weighted by Gasteiger charge is -2.41. The quantitative estimate of drug-likeness (QED) is 0.307. The van der Waals surface area contributed by atoms with Gasteiger partial charge in [0.1, 0.15) is 0 Å². The first kappa shape index (κ1) is 26.7. The number of morpholine rings is 1. The zero-order chi connectivity index (χ0) is 22.2. The van der Waals surface area contributed by atoms with E-state index in [1.54, 1.807) is 0 Å². The lowest BCUT2D eigenvalue weighted by Crippen LogP contribution is -2.51. The number of hydrogen-bond acceptors (Lipinski definition) is 4. The Morgan fingerprint density at radius 3 is 2.52 bits per heavy atom. The molecule has 0 saturated carbocycles. The maximum absolute atomic E-state index is 5.75. The van der Waals surface area contributed by atoms with E-state index >= 15 is 0 Å². The van der Waals surface area contributed by atoms with E-state index in [0.29, 0.717) is 23.8 Å². The summed E-state index contributed by atoms with van der Waals surface area (Å²) >= 11 is 0. The van der Waals surface area contributed by atoms with Crippen molar-refractivity contribution in [2.75, 3.05) is 65.7 Å². The van der Waals surface area contributed by atoms with Gasteiger partial charge in [0.15, 0.2) is 5.96 Å². The van der Waals surface area contributed by atoms with Crippen LogP contribution in [-0.2, 0) is 9.47 Å². The highest BCUT2D eigenvalue weighted by Crippen LogP contribution is 2.35. The molecule has 3 aliphatic rings. The zero-order valence-corrected chi connectivity index (χ0v) is 22.8. The number of guanidine groups is 1. The number of likely N-dealkylation sites (tertiary alicyclic amines) is 1. The highest BCUT2D eigenvalue weighted by Gasteiger charge is 2.33. The van der Waals surface area contributed by atoms with Gasteiger partial charge in [0, 0.05) is 51.3 Å². The summed E-state index contributed by atoms with van der Waals surface area (Å²) in [5, 5.41) is 3.60. The Morgan fingerprint density at radius 2 is 1.85 bits per heavy atom. The van der Waals surface area contributed by atoms with Crippen molar-refractivity contribution in [2.45, 2.75) is 45.1 Å². The molecule has 3 fully saturated rings. The Morgan fingerprint density at radius 1 is 1.06 bits per heavy atom. The minimum atomic E-state index is 0. The second kappa shape index (κ2) is 13.9. The molecule has 0 aromatic heterocycles. The number of nitrogens with one attached hydrogen (secondary N) is 1. The summed E-state index contributed by atoms with van der Waals surface area (Å²) in [6.07, 6.45) is 3.54. The van der Waals surface area contributed by atoms with Crippen molar-refractivity contribution in [3.63, 3.8) is 0 Å². The van der Waals surface area contributed by atoms with E-state index in [0.717, 1.165) is 78.1 Å². The number of hydrogen-bond donors (Lipinski definition) is 1. The smallest absolute Gasteiger partial charge is 0.193 e. The zero-order valence-electron chi connectivity index (χ0n) is 20.5. The fraction of sp³-hybridized carbons (Fsp3) is 0.731. The van der Waals surface area contributed by atoms with Crippen molar-refractivity contribution in [3.05, 3.63) is 35.9 Å². The van der Waals surface area contributed by atoms with Crippen molar-refractivity contribution >= 4 is 29.9 Å². The molecule has 4 unspecified atom stereocenters. The molecule has 0 spiro atoms. The number of benzene rings is 1. The van der Waals surface area contributed by atoms with Gasteiger partial charge in [-0.05, 0) is 37.2 Å². The number of nitrogens with zero attached hydrogens (tertiary/aromatic N) is 3. The molecule has 33 heavy (non-hydrogen) atoms. The van der Waals surface area contributed by atoms with Gasteiger partial charge in [0.2, 0.25) is 0 Å². The number of ether oxygens (including phenoxy) is 2. The molecule has 0 radical (unpaired) electrons. The van der Waals surface area contributed by atoms with E-state index in [9.17, 15) is 0 Å². The molecule has 3 saturated heterocycles. The Kier molecular flexibility index (Phi) is 11.2. The first-order valence-corrected chi connectivity index (χ1v) is 12.8. The van der Waals surface area contributed by atoms with Gasteiger partial charge in [-0.3, -0.25) is 9.89 Å². The van der Waals surface area contributed by atoms with Crippen LogP contribution >= 0.6 is 24.0 Å². The number of aliphatic imine (C=N–C) groups is 1. The molecule has 7 heteroatoms. The average molecular weight is 571 g/mol.